The van der Waals surface area contributed by atoms with Crippen molar-refractivity contribution in [2.24, 2.45) is 22.6 Å². The van der Waals surface area contributed by atoms with Gasteiger partial charge < -0.3 is 15.8 Å². The first-order chi connectivity index (χ1) is 11.3. The highest BCUT2D eigenvalue weighted by molar-refractivity contribution is 14.0. The molecule has 1 aliphatic carbocycles. The molecule has 1 aromatic carbocycles. The first-order valence-corrected chi connectivity index (χ1v) is 9.00. The molecule has 1 unspecified atom stereocenters. The Morgan fingerprint density at radius 3 is 2.46 bits per heavy atom. The minimum absolute atomic E-state index is 0. The highest BCUT2D eigenvalue weighted by Crippen LogP contribution is 2.28. The molecule has 1 atom stereocenters. The van der Waals surface area contributed by atoms with Crippen LogP contribution in [0, 0.1) is 11.8 Å². The van der Waals surface area contributed by atoms with E-state index in [1.807, 2.05) is 0 Å². The van der Waals surface area contributed by atoms with Crippen molar-refractivity contribution in [2.45, 2.75) is 44.6 Å². The van der Waals surface area contributed by atoms with Gasteiger partial charge in [0.2, 0.25) is 0 Å². The molecule has 0 aromatic heterocycles. The molecule has 0 amide bonds. The second-order valence-corrected chi connectivity index (χ2v) is 6.92. The van der Waals surface area contributed by atoms with Gasteiger partial charge in [-0.1, -0.05) is 36.8 Å². The van der Waals surface area contributed by atoms with E-state index < -0.39 is 0 Å². The standard InChI is InChI=1S/C19H29N3O.HI/c20-19(21-14-16-5-4-6-16)22-18(17-7-2-1-3-8-17)13-15-9-11-23-12-10-15;/h1-3,7-8,15-16,18H,4-6,9-14H2,(H3,20,21,22);1H. The van der Waals surface area contributed by atoms with Crippen LogP contribution in [0.1, 0.15) is 50.1 Å². The molecule has 1 saturated carbocycles. The Morgan fingerprint density at radius 2 is 1.83 bits per heavy atom. The van der Waals surface area contributed by atoms with E-state index in [1.165, 1.54) is 24.8 Å². The van der Waals surface area contributed by atoms with Crippen LogP contribution in [-0.2, 0) is 4.74 Å². The number of benzene rings is 1. The van der Waals surface area contributed by atoms with Gasteiger partial charge in [-0.05, 0) is 49.5 Å². The van der Waals surface area contributed by atoms with Gasteiger partial charge in [-0.25, -0.2) is 0 Å². The van der Waals surface area contributed by atoms with Crippen molar-refractivity contribution in [1.29, 1.82) is 0 Å². The maximum atomic E-state index is 6.16. The molecule has 3 N–H and O–H groups in total. The van der Waals surface area contributed by atoms with Gasteiger partial charge in [0.15, 0.2) is 5.96 Å². The van der Waals surface area contributed by atoms with E-state index in [1.54, 1.807) is 0 Å². The second kappa shape index (κ2) is 10.2. The van der Waals surface area contributed by atoms with Gasteiger partial charge in [0.1, 0.15) is 0 Å². The number of aliphatic imine (C=N–C) groups is 1. The Morgan fingerprint density at radius 1 is 1.12 bits per heavy atom. The minimum Gasteiger partial charge on any atom is -0.381 e. The van der Waals surface area contributed by atoms with Crippen LogP contribution in [0.25, 0.3) is 0 Å². The largest absolute Gasteiger partial charge is 0.381 e. The molecule has 1 aliphatic heterocycles. The fraction of sp³-hybridized carbons (Fsp3) is 0.632. The molecule has 3 rings (SSSR count). The van der Waals surface area contributed by atoms with Crippen molar-refractivity contribution in [3.63, 3.8) is 0 Å². The molecule has 0 radical (unpaired) electrons. The van der Waals surface area contributed by atoms with Crippen LogP contribution in [-0.4, -0.2) is 25.7 Å². The van der Waals surface area contributed by atoms with Crippen LogP contribution in [0.15, 0.2) is 35.3 Å². The zero-order valence-electron chi connectivity index (χ0n) is 14.3. The van der Waals surface area contributed by atoms with E-state index in [0.717, 1.165) is 44.9 Å². The number of hydrogen-bond acceptors (Lipinski definition) is 2. The van der Waals surface area contributed by atoms with Crippen molar-refractivity contribution in [3.8, 4) is 0 Å². The Bertz CT molecular complexity index is 499. The number of nitrogens with zero attached hydrogens (tertiary/aromatic N) is 1. The number of rotatable bonds is 6. The normalized spacial score (nSPS) is 20.8. The average molecular weight is 443 g/mol. The summed E-state index contributed by atoms with van der Waals surface area (Å²) in [5.74, 6) is 2.04. The van der Waals surface area contributed by atoms with Gasteiger partial charge in [-0.3, -0.25) is 4.99 Å². The number of nitrogens with two attached hydrogens (primary N) is 1. The number of guanidine groups is 1. The maximum absolute atomic E-state index is 6.16. The van der Waals surface area contributed by atoms with Gasteiger partial charge in [0.25, 0.3) is 0 Å². The first-order valence-electron chi connectivity index (χ1n) is 9.00. The average Bonchev–Trinajstić information content (AvgIpc) is 2.55. The predicted molar refractivity (Wildman–Crippen MR) is 110 cm³/mol. The van der Waals surface area contributed by atoms with E-state index >= 15 is 0 Å². The number of ether oxygens (including phenoxy) is 1. The van der Waals surface area contributed by atoms with Gasteiger partial charge in [0.05, 0.1) is 6.04 Å². The zero-order valence-corrected chi connectivity index (χ0v) is 16.7. The summed E-state index contributed by atoms with van der Waals surface area (Å²) in [4.78, 5) is 4.56. The SMILES string of the molecule is I.NC(=NCC1CCC1)NC(CC1CCOCC1)c1ccccc1. The van der Waals surface area contributed by atoms with Crippen LogP contribution in [0.2, 0.25) is 0 Å². The summed E-state index contributed by atoms with van der Waals surface area (Å²) < 4.78 is 5.48. The lowest BCUT2D eigenvalue weighted by molar-refractivity contribution is 0.0612. The second-order valence-electron chi connectivity index (χ2n) is 6.92. The van der Waals surface area contributed by atoms with Crippen molar-refractivity contribution in [3.05, 3.63) is 35.9 Å². The monoisotopic (exact) mass is 443 g/mol. The Balaban J connectivity index is 0.00000208. The lowest BCUT2D eigenvalue weighted by Gasteiger charge is -2.28. The first kappa shape index (κ1) is 19.5. The molecular weight excluding hydrogens is 413 g/mol. The van der Waals surface area contributed by atoms with Gasteiger partial charge in [-0.15, -0.1) is 24.0 Å². The van der Waals surface area contributed by atoms with E-state index in [2.05, 4.69) is 40.6 Å². The molecule has 0 bridgehead atoms. The summed E-state index contributed by atoms with van der Waals surface area (Å²) >= 11 is 0. The third-order valence-electron chi connectivity index (χ3n) is 5.18. The molecule has 2 aliphatic rings. The summed E-state index contributed by atoms with van der Waals surface area (Å²) in [5.41, 5.74) is 7.45. The fourth-order valence-corrected chi connectivity index (χ4v) is 3.41. The summed E-state index contributed by atoms with van der Waals surface area (Å²) in [6, 6.07) is 10.8. The Labute approximate surface area is 162 Å². The molecular formula is C19H30IN3O. The lowest BCUT2D eigenvalue weighted by atomic mass is 9.86. The van der Waals surface area contributed by atoms with Crippen LogP contribution < -0.4 is 11.1 Å². The molecule has 0 spiro atoms. The molecule has 1 saturated heterocycles. The van der Waals surface area contributed by atoms with E-state index in [0.29, 0.717) is 11.9 Å². The molecule has 5 heteroatoms. The van der Waals surface area contributed by atoms with E-state index in [-0.39, 0.29) is 30.0 Å². The van der Waals surface area contributed by atoms with Crippen molar-refractivity contribution in [2.75, 3.05) is 19.8 Å². The quantitative estimate of drug-likeness (QED) is 0.399. The maximum Gasteiger partial charge on any atom is 0.189 e. The van der Waals surface area contributed by atoms with Crippen molar-refractivity contribution >= 4 is 29.9 Å². The topological polar surface area (TPSA) is 59.6 Å². The van der Waals surface area contributed by atoms with Gasteiger partial charge in [-0.2, -0.15) is 0 Å². The highest BCUT2D eigenvalue weighted by Gasteiger charge is 2.21. The molecule has 1 aromatic rings. The highest BCUT2D eigenvalue weighted by atomic mass is 127. The number of hydrogen-bond donors (Lipinski definition) is 2. The molecule has 2 fully saturated rings. The molecule has 4 nitrogen and oxygen atoms in total. The van der Waals surface area contributed by atoms with E-state index in [4.69, 9.17) is 10.5 Å². The smallest absolute Gasteiger partial charge is 0.189 e. The molecule has 1 heterocycles. The Hall–Kier alpha value is -0.820. The third-order valence-corrected chi connectivity index (χ3v) is 5.18. The van der Waals surface area contributed by atoms with Crippen LogP contribution in [0.5, 0.6) is 0 Å². The van der Waals surface area contributed by atoms with Crippen LogP contribution in [0.3, 0.4) is 0 Å². The summed E-state index contributed by atoms with van der Waals surface area (Å²) in [6.45, 7) is 2.65. The van der Waals surface area contributed by atoms with Crippen LogP contribution in [0.4, 0.5) is 0 Å². The minimum atomic E-state index is 0. The van der Waals surface area contributed by atoms with Crippen LogP contribution >= 0.6 is 24.0 Å². The van der Waals surface area contributed by atoms with E-state index in [9.17, 15) is 0 Å². The molecule has 134 valence electrons. The summed E-state index contributed by atoms with van der Waals surface area (Å²) in [5, 5.41) is 3.47. The third kappa shape index (κ3) is 5.92. The van der Waals surface area contributed by atoms with Gasteiger partial charge >= 0.3 is 0 Å². The van der Waals surface area contributed by atoms with Gasteiger partial charge in [0, 0.05) is 19.8 Å². The predicted octanol–water partition coefficient (Wildman–Crippen LogP) is 3.87. The Kier molecular flexibility index (Phi) is 8.32. The number of halogens is 1. The fourth-order valence-electron chi connectivity index (χ4n) is 3.41. The van der Waals surface area contributed by atoms with Crippen molar-refractivity contribution in [1.82, 2.24) is 5.32 Å². The van der Waals surface area contributed by atoms with Crippen molar-refractivity contribution < 1.29 is 4.74 Å². The summed E-state index contributed by atoms with van der Waals surface area (Å²) in [7, 11) is 0. The number of nitrogens with one attached hydrogen (secondary N) is 1. The molecule has 24 heavy (non-hydrogen) atoms. The zero-order chi connectivity index (χ0) is 15.9. The summed E-state index contributed by atoms with van der Waals surface area (Å²) in [6.07, 6.45) is 7.34. The lowest BCUT2D eigenvalue weighted by Crippen LogP contribution is -2.37.